The number of rotatable bonds is 7. The van der Waals surface area contributed by atoms with Gasteiger partial charge in [-0.05, 0) is 0 Å². The number of nitrogens with one attached hydrogen (secondary N) is 1. The lowest BCUT2D eigenvalue weighted by atomic mass is 10.0. The number of nitrogens with two attached hydrogens (primary N) is 1. The number of thiazole rings is 1. The number of β-lactam (4-membered cyclic amide) rings is 1. The SMILES string of the molecule is Nc1nc(/C(=N/O)C(=O)N[C@@H]2C(=O)N3C(C(=O)O)=C(C[n+]4ccc(-c5ncon5)cc4)CS[C@H]23)cs1. The maximum absolute atomic E-state index is 12.9. The van der Waals surface area contributed by atoms with Gasteiger partial charge in [0, 0.05) is 34.4 Å². The highest BCUT2D eigenvalue weighted by Crippen LogP contribution is 2.40. The van der Waals surface area contributed by atoms with E-state index in [0.717, 1.165) is 16.9 Å². The number of fused-ring (bicyclic) bond motifs is 1. The van der Waals surface area contributed by atoms with Gasteiger partial charge in [-0.3, -0.25) is 14.5 Å². The normalized spacial score (nSPS) is 19.6. The summed E-state index contributed by atoms with van der Waals surface area (Å²) in [4.78, 5) is 46.7. The Morgan fingerprint density at radius 1 is 1.36 bits per heavy atom. The molecule has 2 aliphatic rings. The summed E-state index contributed by atoms with van der Waals surface area (Å²) in [6.45, 7) is 0.237. The summed E-state index contributed by atoms with van der Waals surface area (Å²) < 4.78 is 6.51. The molecule has 36 heavy (non-hydrogen) atoms. The summed E-state index contributed by atoms with van der Waals surface area (Å²) in [5, 5.41) is 29.4. The lowest BCUT2D eigenvalue weighted by Crippen LogP contribution is -2.71. The number of aromatic nitrogens is 4. The molecule has 0 radical (unpaired) electrons. The number of aliphatic carboxylic acids is 1. The van der Waals surface area contributed by atoms with Crippen molar-refractivity contribution in [1.82, 2.24) is 25.3 Å². The number of carbonyl (C=O) groups is 3. The third kappa shape index (κ3) is 4.16. The van der Waals surface area contributed by atoms with Gasteiger partial charge in [-0.2, -0.15) is 4.98 Å². The van der Waals surface area contributed by atoms with Crippen molar-refractivity contribution in [3.8, 4) is 11.4 Å². The molecule has 0 saturated carbocycles. The van der Waals surface area contributed by atoms with Crippen LogP contribution in [0.15, 0.2) is 57.2 Å². The van der Waals surface area contributed by atoms with E-state index in [9.17, 15) is 24.7 Å². The molecule has 184 valence electrons. The van der Waals surface area contributed by atoms with Crippen molar-refractivity contribution in [3.63, 3.8) is 0 Å². The smallest absolute Gasteiger partial charge is 0.352 e. The Kier molecular flexibility index (Phi) is 6.11. The van der Waals surface area contributed by atoms with Gasteiger partial charge < -0.3 is 25.9 Å². The number of nitrogen functional groups attached to an aromatic ring is 1. The Balaban J connectivity index is 1.32. The molecule has 0 aliphatic carbocycles. The molecule has 2 amide bonds. The van der Waals surface area contributed by atoms with Crippen molar-refractivity contribution >= 4 is 51.7 Å². The first-order chi connectivity index (χ1) is 17.4. The Hall–Kier alpha value is -4.31. The number of thioether (sulfide) groups is 1. The summed E-state index contributed by atoms with van der Waals surface area (Å²) in [5.41, 5.74) is 6.38. The highest BCUT2D eigenvalue weighted by Gasteiger charge is 2.54. The average Bonchev–Trinajstić information content (AvgIpc) is 3.55. The van der Waals surface area contributed by atoms with Crippen molar-refractivity contribution in [2.24, 2.45) is 5.16 Å². The minimum atomic E-state index is -1.24. The molecule has 14 nitrogen and oxygen atoms in total. The fourth-order valence-electron chi connectivity index (χ4n) is 3.85. The number of oxime groups is 1. The van der Waals surface area contributed by atoms with Crippen LogP contribution in [-0.4, -0.2) is 71.0 Å². The molecule has 0 unspecified atom stereocenters. The van der Waals surface area contributed by atoms with Crippen LogP contribution >= 0.6 is 23.1 Å². The summed E-state index contributed by atoms with van der Waals surface area (Å²) in [6.07, 6.45) is 4.72. The molecule has 5 heterocycles. The Labute approximate surface area is 210 Å². The zero-order valence-electron chi connectivity index (χ0n) is 18.1. The van der Waals surface area contributed by atoms with Crippen LogP contribution < -0.4 is 15.6 Å². The number of amides is 2. The summed E-state index contributed by atoms with van der Waals surface area (Å²) >= 11 is 2.38. The molecule has 5 rings (SSSR count). The Morgan fingerprint density at radius 3 is 2.75 bits per heavy atom. The second-order valence-corrected chi connectivity index (χ2v) is 9.65. The van der Waals surface area contributed by atoms with Crippen molar-refractivity contribution in [2.45, 2.75) is 18.0 Å². The van der Waals surface area contributed by atoms with E-state index in [1.807, 2.05) is 0 Å². The molecule has 1 saturated heterocycles. The first kappa shape index (κ1) is 23.4. The zero-order valence-corrected chi connectivity index (χ0v) is 19.8. The van der Waals surface area contributed by atoms with Gasteiger partial charge in [0.25, 0.3) is 11.8 Å². The Morgan fingerprint density at radius 2 is 2.14 bits per heavy atom. The average molecular weight is 530 g/mol. The minimum Gasteiger partial charge on any atom is -0.477 e. The van der Waals surface area contributed by atoms with Crippen molar-refractivity contribution < 1.29 is 33.8 Å². The molecular weight excluding hydrogens is 512 g/mol. The van der Waals surface area contributed by atoms with Crippen LogP contribution in [0.1, 0.15) is 5.69 Å². The van der Waals surface area contributed by atoms with Gasteiger partial charge in [0.2, 0.25) is 12.2 Å². The van der Waals surface area contributed by atoms with Crippen LogP contribution in [0, 0.1) is 0 Å². The third-order valence-electron chi connectivity index (χ3n) is 5.50. The maximum Gasteiger partial charge on any atom is 0.352 e. The minimum absolute atomic E-state index is 0.0632. The van der Waals surface area contributed by atoms with Gasteiger partial charge in [0.15, 0.2) is 29.8 Å². The summed E-state index contributed by atoms with van der Waals surface area (Å²) in [6, 6.07) is 2.54. The van der Waals surface area contributed by atoms with Crippen LogP contribution in [0.4, 0.5) is 5.13 Å². The predicted octanol–water partition coefficient (Wildman–Crippen LogP) is -0.320. The fourth-order valence-corrected chi connectivity index (χ4v) is 5.74. The molecular formula is C20H17N8O6S2+. The highest BCUT2D eigenvalue weighted by atomic mass is 32.2. The van der Waals surface area contributed by atoms with Gasteiger partial charge in [-0.15, -0.1) is 23.1 Å². The molecule has 0 bridgehead atoms. The molecule has 1 fully saturated rings. The topological polar surface area (TPSA) is 201 Å². The number of nitrogens with zero attached hydrogens (tertiary/aromatic N) is 6. The van der Waals surface area contributed by atoms with Crippen molar-refractivity contribution in [3.05, 3.63) is 53.3 Å². The van der Waals surface area contributed by atoms with Crippen LogP contribution in [0.3, 0.4) is 0 Å². The van der Waals surface area contributed by atoms with Crippen LogP contribution in [0.25, 0.3) is 11.4 Å². The van der Waals surface area contributed by atoms with E-state index in [-0.39, 0.29) is 23.1 Å². The fraction of sp³-hybridized carbons (Fsp3) is 0.200. The van der Waals surface area contributed by atoms with Gasteiger partial charge in [0.05, 0.1) is 0 Å². The first-order valence-electron chi connectivity index (χ1n) is 10.3. The van der Waals surface area contributed by atoms with E-state index in [4.69, 9.17) is 10.3 Å². The van der Waals surface area contributed by atoms with Crippen LogP contribution in [-0.2, 0) is 20.9 Å². The molecule has 0 spiro atoms. The number of carboxylic acids is 1. The number of hydrogen-bond donors (Lipinski definition) is 4. The molecule has 5 N–H and O–H groups in total. The number of carboxylic acid groups (broad SMARTS) is 1. The molecule has 3 aromatic rings. The summed E-state index contributed by atoms with van der Waals surface area (Å²) in [7, 11) is 0. The van der Waals surface area contributed by atoms with E-state index < -0.39 is 34.9 Å². The molecule has 16 heteroatoms. The number of pyridine rings is 1. The second kappa shape index (κ2) is 9.38. The zero-order chi connectivity index (χ0) is 25.4. The second-order valence-electron chi connectivity index (χ2n) is 7.65. The largest absolute Gasteiger partial charge is 0.477 e. The highest BCUT2D eigenvalue weighted by molar-refractivity contribution is 8.00. The number of carbonyl (C=O) groups excluding carboxylic acids is 2. The Bertz CT molecular complexity index is 1400. The van der Waals surface area contributed by atoms with E-state index in [2.05, 4.69) is 25.6 Å². The van der Waals surface area contributed by atoms with E-state index in [1.165, 1.54) is 28.4 Å². The van der Waals surface area contributed by atoms with E-state index >= 15 is 0 Å². The lowest BCUT2D eigenvalue weighted by molar-refractivity contribution is -0.689. The van der Waals surface area contributed by atoms with Gasteiger partial charge in [-0.1, -0.05) is 10.3 Å². The first-order valence-corrected chi connectivity index (χ1v) is 12.2. The maximum atomic E-state index is 12.9. The van der Waals surface area contributed by atoms with Gasteiger partial charge in [-0.25, -0.2) is 14.3 Å². The standard InChI is InChI=1S/C20H16N8O6S2/c21-20-23-11(7-36-20)12(25-33)16(29)24-13-17(30)28-14(19(31)32)10(6-35-18(13)28)5-27-3-1-9(2-4-27)15-22-8-34-26-15/h1-4,7-8,13,18H,5-6H2,(H4-,21,23,24,29,31,32,33)/p+1/t13-,18-/m1/s1. The van der Waals surface area contributed by atoms with E-state index in [1.54, 1.807) is 29.1 Å². The number of anilines is 1. The lowest BCUT2D eigenvalue weighted by Gasteiger charge is -2.49. The van der Waals surface area contributed by atoms with Crippen molar-refractivity contribution in [2.75, 3.05) is 11.5 Å². The van der Waals surface area contributed by atoms with Crippen LogP contribution in [0.5, 0.6) is 0 Å². The summed E-state index contributed by atoms with van der Waals surface area (Å²) in [5.74, 6) is -1.90. The monoisotopic (exact) mass is 529 g/mol. The molecule has 2 aliphatic heterocycles. The third-order valence-corrected chi connectivity index (χ3v) is 7.51. The quantitative estimate of drug-likeness (QED) is 0.103. The van der Waals surface area contributed by atoms with Crippen molar-refractivity contribution in [1.29, 1.82) is 0 Å². The number of hydrogen-bond acceptors (Lipinski definition) is 12. The molecule has 3 aromatic heterocycles. The predicted molar refractivity (Wildman–Crippen MR) is 124 cm³/mol. The van der Waals surface area contributed by atoms with Crippen LogP contribution in [0.2, 0.25) is 0 Å². The van der Waals surface area contributed by atoms with Gasteiger partial charge >= 0.3 is 5.97 Å². The van der Waals surface area contributed by atoms with E-state index in [0.29, 0.717) is 17.2 Å². The molecule has 0 aromatic carbocycles. The van der Waals surface area contributed by atoms with Gasteiger partial charge in [0.1, 0.15) is 22.8 Å². The molecule has 2 atom stereocenters.